The molecular formula is C14H21NO2S. The maximum atomic E-state index is 11.9. The highest BCUT2D eigenvalue weighted by Gasteiger charge is 2.09. The molecule has 0 saturated carbocycles. The van der Waals surface area contributed by atoms with Gasteiger partial charge in [0.25, 0.3) is 5.91 Å². The maximum absolute atomic E-state index is 11.9. The molecule has 0 heterocycles. The van der Waals surface area contributed by atoms with E-state index in [4.69, 9.17) is 5.11 Å². The van der Waals surface area contributed by atoms with E-state index < -0.39 is 0 Å². The summed E-state index contributed by atoms with van der Waals surface area (Å²) in [6.45, 7) is 2.12. The standard InChI is InChI=1S/C14H21NO2S/c1-11(4-3-9-16)15-14(17)13-7-5-12(6-8-13)10-18-2/h5-8,11,16H,3-4,9-10H2,1-2H3,(H,15,17). The first-order valence-electron chi connectivity index (χ1n) is 6.17. The lowest BCUT2D eigenvalue weighted by Crippen LogP contribution is -2.32. The minimum atomic E-state index is -0.0452. The van der Waals surface area contributed by atoms with Crippen molar-refractivity contribution in [3.63, 3.8) is 0 Å². The molecule has 2 N–H and O–H groups in total. The van der Waals surface area contributed by atoms with E-state index in [2.05, 4.69) is 11.6 Å². The van der Waals surface area contributed by atoms with Crippen LogP contribution in [0.3, 0.4) is 0 Å². The van der Waals surface area contributed by atoms with Crippen LogP contribution in [-0.4, -0.2) is 29.9 Å². The summed E-state index contributed by atoms with van der Waals surface area (Å²) in [5.41, 5.74) is 1.92. The number of nitrogens with one attached hydrogen (secondary N) is 1. The van der Waals surface area contributed by atoms with Crippen molar-refractivity contribution in [2.45, 2.75) is 31.6 Å². The Kier molecular flexibility index (Phi) is 6.83. The third kappa shape index (κ3) is 5.10. The Hall–Kier alpha value is -1.00. The molecule has 0 aliphatic carbocycles. The van der Waals surface area contributed by atoms with Crippen LogP contribution in [0.15, 0.2) is 24.3 Å². The summed E-state index contributed by atoms with van der Waals surface area (Å²) in [7, 11) is 0. The Balaban J connectivity index is 2.50. The summed E-state index contributed by atoms with van der Waals surface area (Å²) in [5, 5.41) is 11.7. The van der Waals surface area contributed by atoms with Crippen molar-refractivity contribution in [2.75, 3.05) is 12.9 Å². The molecule has 0 aliphatic rings. The van der Waals surface area contributed by atoms with Gasteiger partial charge in [-0.1, -0.05) is 12.1 Å². The lowest BCUT2D eigenvalue weighted by atomic mass is 10.1. The van der Waals surface area contributed by atoms with Crippen LogP contribution in [0.2, 0.25) is 0 Å². The van der Waals surface area contributed by atoms with Crippen LogP contribution in [0.25, 0.3) is 0 Å². The van der Waals surface area contributed by atoms with Crippen molar-refractivity contribution >= 4 is 17.7 Å². The van der Waals surface area contributed by atoms with E-state index >= 15 is 0 Å². The fraction of sp³-hybridized carbons (Fsp3) is 0.500. The highest BCUT2D eigenvalue weighted by atomic mass is 32.2. The van der Waals surface area contributed by atoms with Crippen molar-refractivity contribution in [1.29, 1.82) is 0 Å². The predicted octanol–water partition coefficient (Wildman–Crippen LogP) is 2.44. The average Bonchev–Trinajstić information content (AvgIpc) is 2.37. The van der Waals surface area contributed by atoms with Crippen molar-refractivity contribution < 1.29 is 9.90 Å². The van der Waals surface area contributed by atoms with Gasteiger partial charge in [-0.3, -0.25) is 4.79 Å². The number of thioether (sulfide) groups is 1. The first-order chi connectivity index (χ1) is 8.67. The van der Waals surface area contributed by atoms with Crippen molar-refractivity contribution in [3.05, 3.63) is 35.4 Å². The lowest BCUT2D eigenvalue weighted by molar-refractivity contribution is 0.0936. The fourth-order valence-electron chi connectivity index (χ4n) is 1.70. The second kappa shape index (κ2) is 8.16. The highest BCUT2D eigenvalue weighted by molar-refractivity contribution is 7.97. The van der Waals surface area contributed by atoms with E-state index in [-0.39, 0.29) is 18.6 Å². The van der Waals surface area contributed by atoms with Crippen LogP contribution in [0.4, 0.5) is 0 Å². The molecule has 100 valence electrons. The fourth-order valence-corrected chi connectivity index (χ4v) is 2.22. The molecule has 1 aromatic carbocycles. The largest absolute Gasteiger partial charge is 0.396 e. The van der Waals surface area contributed by atoms with Crippen molar-refractivity contribution in [3.8, 4) is 0 Å². The highest BCUT2D eigenvalue weighted by Crippen LogP contribution is 2.10. The first-order valence-corrected chi connectivity index (χ1v) is 7.56. The minimum Gasteiger partial charge on any atom is -0.396 e. The van der Waals surface area contributed by atoms with E-state index in [9.17, 15) is 4.79 Å². The molecule has 0 radical (unpaired) electrons. The van der Waals surface area contributed by atoms with Gasteiger partial charge >= 0.3 is 0 Å². The molecule has 0 bridgehead atoms. The van der Waals surface area contributed by atoms with E-state index in [0.717, 1.165) is 12.2 Å². The molecule has 1 amide bonds. The quantitative estimate of drug-likeness (QED) is 0.798. The Morgan fingerprint density at radius 1 is 1.39 bits per heavy atom. The predicted molar refractivity (Wildman–Crippen MR) is 76.9 cm³/mol. The van der Waals surface area contributed by atoms with Crippen LogP contribution in [0.1, 0.15) is 35.7 Å². The van der Waals surface area contributed by atoms with E-state index in [1.807, 2.05) is 31.2 Å². The average molecular weight is 267 g/mol. The monoisotopic (exact) mass is 267 g/mol. The van der Waals surface area contributed by atoms with Gasteiger partial charge in [-0.25, -0.2) is 0 Å². The van der Waals surface area contributed by atoms with Crippen molar-refractivity contribution in [2.24, 2.45) is 0 Å². The van der Waals surface area contributed by atoms with Gasteiger partial charge < -0.3 is 10.4 Å². The summed E-state index contributed by atoms with van der Waals surface area (Å²) in [4.78, 5) is 11.9. The Morgan fingerprint density at radius 2 is 2.06 bits per heavy atom. The van der Waals surface area contributed by atoms with E-state index in [0.29, 0.717) is 12.0 Å². The topological polar surface area (TPSA) is 49.3 Å². The molecule has 1 aromatic rings. The molecule has 1 rings (SSSR count). The molecule has 1 unspecified atom stereocenters. The van der Waals surface area contributed by atoms with Crippen molar-refractivity contribution in [1.82, 2.24) is 5.32 Å². The van der Waals surface area contributed by atoms with Crippen LogP contribution in [0, 0.1) is 0 Å². The molecule has 0 aromatic heterocycles. The second-order valence-corrected chi connectivity index (χ2v) is 5.24. The SMILES string of the molecule is CSCc1ccc(C(=O)NC(C)CCCO)cc1. The Bertz CT molecular complexity index is 365. The summed E-state index contributed by atoms with van der Waals surface area (Å²) < 4.78 is 0. The number of aliphatic hydroxyl groups is 1. The summed E-state index contributed by atoms with van der Waals surface area (Å²) >= 11 is 1.76. The number of hydrogen-bond donors (Lipinski definition) is 2. The number of carbonyl (C=O) groups is 1. The summed E-state index contributed by atoms with van der Waals surface area (Å²) in [5.74, 6) is 0.922. The zero-order chi connectivity index (χ0) is 13.4. The van der Waals surface area contributed by atoms with Crippen LogP contribution < -0.4 is 5.32 Å². The normalized spacial score (nSPS) is 12.2. The van der Waals surface area contributed by atoms with Crippen LogP contribution >= 0.6 is 11.8 Å². The summed E-state index contributed by atoms with van der Waals surface area (Å²) in [6, 6.07) is 7.79. The number of rotatable bonds is 7. The molecule has 18 heavy (non-hydrogen) atoms. The van der Waals surface area contributed by atoms with Gasteiger partial charge in [-0.05, 0) is 43.7 Å². The van der Waals surface area contributed by atoms with E-state index in [1.54, 1.807) is 11.8 Å². The maximum Gasteiger partial charge on any atom is 0.251 e. The van der Waals surface area contributed by atoms with Gasteiger partial charge in [-0.2, -0.15) is 11.8 Å². The van der Waals surface area contributed by atoms with Gasteiger partial charge in [0.15, 0.2) is 0 Å². The molecule has 0 saturated heterocycles. The smallest absolute Gasteiger partial charge is 0.251 e. The van der Waals surface area contributed by atoms with Gasteiger partial charge in [0, 0.05) is 24.0 Å². The van der Waals surface area contributed by atoms with Gasteiger partial charge in [0.05, 0.1) is 0 Å². The molecule has 0 aliphatic heterocycles. The molecule has 3 nitrogen and oxygen atoms in total. The van der Waals surface area contributed by atoms with E-state index in [1.165, 1.54) is 5.56 Å². The number of carbonyl (C=O) groups excluding carboxylic acids is 1. The van der Waals surface area contributed by atoms with Gasteiger partial charge in [-0.15, -0.1) is 0 Å². The summed E-state index contributed by atoms with van der Waals surface area (Å²) in [6.07, 6.45) is 3.57. The molecule has 1 atom stereocenters. The molecule has 4 heteroatoms. The zero-order valence-electron chi connectivity index (χ0n) is 11.0. The van der Waals surface area contributed by atoms with Gasteiger partial charge in [0.2, 0.25) is 0 Å². The Morgan fingerprint density at radius 3 is 2.61 bits per heavy atom. The first kappa shape index (κ1) is 15.1. The number of benzene rings is 1. The zero-order valence-corrected chi connectivity index (χ0v) is 11.8. The minimum absolute atomic E-state index is 0.0452. The third-order valence-electron chi connectivity index (χ3n) is 2.70. The number of hydrogen-bond acceptors (Lipinski definition) is 3. The van der Waals surface area contributed by atoms with Gasteiger partial charge in [0.1, 0.15) is 0 Å². The van der Waals surface area contributed by atoms with Crippen LogP contribution in [-0.2, 0) is 5.75 Å². The molecule has 0 fully saturated rings. The Labute approximate surface area is 113 Å². The number of amides is 1. The van der Waals surface area contributed by atoms with Crippen LogP contribution in [0.5, 0.6) is 0 Å². The lowest BCUT2D eigenvalue weighted by Gasteiger charge is -2.13. The third-order valence-corrected chi connectivity index (χ3v) is 3.32. The molecular weight excluding hydrogens is 246 g/mol. The number of aliphatic hydroxyl groups excluding tert-OH is 1. The molecule has 0 spiro atoms. The second-order valence-electron chi connectivity index (χ2n) is 4.37.